The van der Waals surface area contributed by atoms with Gasteiger partial charge in [-0.2, -0.15) is 0 Å². The molecule has 1 rings (SSSR count). The minimum Gasteiger partial charge on any atom is -0.475 e. The van der Waals surface area contributed by atoms with Crippen LogP contribution in [0.2, 0.25) is 0 Å². The molecule has 18 heavy (non-hydrogen) atoms. The largest absolute Gasteiger partial charge is 0.475 e. The third-order valence-electron chi connectivity index (χ3n) is 2.39. The Hall–Kier alpha value is -1.17. The molecular weight excluding hydrogens is 232 g/mol. The molecular formula is C13H22N2O3. The number of nitrogens with zero attached hydrogens (tertiary/aromatic N) is 1. The van der Waals surface area contributed by atoms with E-state index in [1.54, 1.807) is 13.3 Å². The number of ether oxygens (including phenoxy) is 3. The van der Waals surface area contributed by atoms with E-state index in [1.165, 1.54) is 0 Å². The highest BCUT2D eigenvalue weighted by Gasteiger charge is 2.08. The quantitative estimate of drug-likeness (QED) is 0.677. The Morgan fingerprint density at radius 3 is 2.83 bits per heavy atom. The van der Waals surface area contributed by atoms with E-state index in [2.05, 4.69) is 4.98 Å². The van der Waals surface area contributed by atoms with Gasteiger partial charge in [0.1, 0.15) is 6.61 Å². The van der Waals surface area contributed by atoms with Crippen LogP contribution in [0.15, 0.2) is 18.3 Å². The van der Waals surface area contributed by atoms with Gasteiger partial charge in [-0.25, -0.2) is 4.98 Å². The first-order valence-electron chi connectivity index (χ1n) is 6.15. The smallest absolute Gasteiger partial charge is 0.218 e. The predicted molar refractivity (Wildman–Crippen MR) is 69.6 cm³/mol. The van der Waals surface area contributed by atoms with Crippen molar-refractivity contribution in [1.82, 2.24) is 4.98 Å². The second-order valence-corrected chi connectivity index (χ2v) is 3.99. The first-order chi connectivity index (χ1) is 8.75. The average molecular weight is 254 g/mol. The van der Waals surface area contributed by atoms with Crippen LogP contribution < -0.4 is 10.5 Å². The van der Waals surface area contributed by atoms with Crippen molar-refractivity contribution in [2.24, 2.45) is 5.73 Å². The van der Waals surface area contributed by atoms with Crippen molar-refractivity contribution < 1.29 is 14.2 Å². The molecule has 0 fully saturated rings. The van der Waals surface area contributed by atoms with Gasteiger partial charge < -0.3 is 19.9 Å². The molecule has 2 N–H and O–H groups in total. The molecule has 5 heteroatoms. The fourth-order valence-corrected chi connectivity index (χ4v) is 1.48. The van der Waals surface area contributed by atoms with Crippen LogP contribution in [0.1, 0.15) is 24.9 Å². The molecule has 0 aliphatic carbocycles. The van der Waals surface area contributed by atoms with Gasteiger partial charge in [0, 0.05) is 38.1 Å². The zero-order valence-electron chi connectivity index (χ0n) is 11.1. The number of hydrogen-bond acceptors (Lipinski definition) is 5. The number of rotatable bonds is 9. The normalized spacial score (nSPS) is 12.4. The minimum absolute atomic E-state index is 0.0867. The molecule has 1 atom stereocenters. The molecule has 0 bridgehead atoms. The molecule has 0 aromatic carbocycles. The van der Waals surface area contributed by atoms with Gasteiger partial charge in [0.25, 0.3) is 0 Å². The Morgan fingerprint density at radius 1 is 1.28 bits per heavy atom. The van der Waals surface area contributed by atoms with Crippen molar-refractivity contribution in [2.45, 2.75) is 19.4 Å². The van der Waals surface area contributed by atoms with E-state index in [0.717, 1.165) is 18.6 Å². The van der Waals surface area contributed by atoms with E-state index in [1.807, 2.05) is 19.1 Å². The van der Waals surface area contributed by atoms with Gasteiger partial charge in [-0.05, 0) is 19.4 Å². The average Bonchev–Trinajstić information content (AvgIpc) is 2.38. The van der Waals surface area contributed by atoms with Crippen LogP contribution in [-0.4, -0.2) is 38.5 Å². The molecule has 1 aromatic rings. The summed E-state index contributed by atoms with van der Waals surface area (Å²) in [6, 6.07) is 3.69. The lowest BCUT2D eigenvalue weighted by Gasteiger charge is -2.12. The standard InChI is InChI=1S/C13H22N2O3/c1-11(14)12-5-3-6-15-13(12)18-10-9-17-8-4-7-16-2/h3,5-6,11H,4,7-10,14H2,1-2H3. The molecule has 0 radical (unpaired) electrons. The molecule has 102 valence electrons. The number of methoxy groups -OCH3 is 1. The third kappa shape index (κ3) is 5.44. The maximum Gasteiger partial charge on any atom is 0.218 e. The van der Waals surface area contributed by atoms with Crippen molar-refractivity contribution in [3.05, 3.63) is 23.9 Å². The number of hydrogen-bond donors (Lipinski definition) is 1. The fourth-order valence-electron chi connectivity index (χ4n) is 1.48. The third-order valence-corrected chi connectivity index (χ3v) is 2.39. The van der Waals surface area contributed by atoms with Gasteiger partial charge in [-0.3, -0.25) is 0 Å². The lowest BCUT2D eigenvalue weighted by molar-refractivity contribution is 0.0792. The highest BCUT2D eigenvalue weighted by Crippen LogP contribution is 2.19. The lowest BCUT2D eigenvalue weighted by Crippen LogP contribution is -2.13. The summed E-state index contributed by atoms with van der Waals surface area (Å²) in [7, 11) is 1.68. The zero-order chi connectivity index (χ0) is 13.2. The summed E-state index contributed by atoms with van der Waals surface area (Å²) < 4.78 is 15.9. The molecule has 0 aliphatic heterocycles. The highest BCUT2D eigenvalue weighted by atomic mass is 16.5. The van der Waals surface area contributed by atoms with Gasteiger partial charge >= 0.3 is 0 Å². The number of pyridine rings is 1. The molecule has 0 amide bonds. The maximum absolute atomic E-state index is 5.83. The van der Waals surface area contributed by atoms with E-state index in [-0.39, 0.29) is 6.04 Å². The van der Waals surface area contributed by atoms with Crippen molar-refractivity contribution in [3.63, 3.8) is 0 Å². The van der Waals surface area contributed by atoms with Crippen LogP contribution in [0.3, 0.4) is 0 Å². The lowest BCUT2D eigenvalue weighted by atomic mass is 10.1. The Balaban J connectivity index is 2.23. The Morgan fingerprint density at radius 2 is 2.11 bits per heavy atom. The summed E-state index contributed by atoms with van der Waals surface area (Å²) in [6.07, 6.45) is 2.59. The van der Waals surface area contributed by atoms with E-state index >= 15 is 0 Å². The van der Waals surface area contributed by atoms with E-state index in [0.29, 0.717) is 25.7 Å². The summed E-state index contributed by atoms with van der Waals surface area (Å²) in [5.41, 5.74) is 6.75. The molecule has 0 saturated heterocycles. The van der Waals surface area contributed by atoms with Gasteiger partial charge in [0.05, 0.1) is 6.61 Å². The van der Waals surface area contributed by atoms with Crippen LogP contribution >= 0.6 is 0 Å². The molecule has 0 saturated carbocycles. The Kier molecular flexibility index (Phi) is 7.32. The highest BCUT2D eigenvalue weighted by molar-refractivity contribution is 5.27. The van der Waals surface area contributed by atoms with E-state index < -0.39 is 0 Å². The van der Waals surface area contributed by atoms with Gasteiger partial charge in [0.2, 0.25) is 5.88 Å². The molecule has 1 unspecified atom stereocenters. The number of nitrogens with two attached hydrogens (primary N) is 1. The maximum atomic E-state index is 5.83. The summed E-state index contributed by atoms with van der Waals surface area (Å²) in [6.45, 7) is 4.32. The zero-order valence-corrected chi connectivity index (χ0v) is 11.1. The van der Waals surface area contributed by atoms with E-state index in [4.69, 9.17) is 19.9 Å². The molecule has 1 aromatic heterocycles. The Bertz CT molecular complexity index is 332. The van der Waals surface area contributed by atoms with E-state index in [9.17, 15) is 0 Å². The first-order valence-corrected chi connectivity index (χ1v) is 6.15. The summed E-state index contributed by atoms with van der Waals surface area (Å²) in [5.74, 6) is 0.591. The first kappa shape index (κ1) is 14.9. The predicted octanol–water partition coefficient (Wildman–Crippen LogP) is 1.53. The van der Waals surface area contributed by atoms with Gasteiger partial charge in [-0.1, -0.05) is 6.07 Å². The van der Waals surface area contributed by atoms with Gasteiger partial charge in [-0.15, -0.1) is 0 Å². The number of aromatic nitrogens is 1. The van der Waals surface area contributed by atoms with Crippen LogP contribution in [0, 0.1) is 0 Å². The SMILES string of the molecule is COCCCOCCOc1ncccc1C(C)N. The van der Waals surface area contributed by atoms with Crippen molar-refractivity contribution in [3.8, 4) is 5.88 Å². The van der Waals surface area contributed by atoms with Crippen molar-refractivity contribution >= 4 is 0 Å². The molecule has 0 aliphatic rings. The van der Waals surface area contributed by atoms with Crippen molar-refractivity contribution in [1.29, 1.82) is 0 Å². The van der Waals surface area contributed by atoms with Crippen LogP contribution in [-0.2, 0) is 9.47 Å². The molecule has 0 spiro atoms. The second-order valence-electron chi connectivity index (χ2n) is 3.99. The fraction of sp³-hybridized carbons (Fsp3) is 0.615. The van der Waals surface area contributed by atoms with Crippen LogP contribution in [0.5, 0.6) is 5.88 Å². The van der Waals surface area contributed by atoms with Gasteiger partial charge in [0.15, 0.2) is 0 Å². The Labute approximate surface area is 108 Å². The van der Waals surface area contributed by atoms with Crippen LogP contribution in [0.4, 0.5) is 0 Å². The minimum atomic E-state index is -0.0867. The second kappa shape index (κ2) is 8.85. The summed E-state index contributed by atoms with van der Waals surface area (Å²) >= 11 is 0. The summed E-state index contributed by atoms with van der Waals surface area (Å²) in [5, 5.41) is 0. The van der Waals surface area contributed by atoms with Crippen LogP contribution in [0.25, 0.3) is 0 Å². The molecule has 5 nitrogen and oxygen atoms in total. The molecule has 1 heterocycles. The topological polar surface area (TPSA) is 66.6 Å². The monoisotopic (exact) mass is 254 g/mol. The van der Waals surface area contributed by atoms with Crippen molar-refractivity contribution in [2.75, 3.05) is 33.5 Å². The summed E-state index contributed by atoms with van der Waals surface area (Å²) in [4.78, 5) is 4.17.